The molecule has 0 spiro atoms. The molecule has 3 rings (SSSR count). The summed E-state index contributed by atoms with van der Waals surface area (Å²) >= 11 is 0. The van der Waals surface area contributed by atoms with Gasteiger partial charge in [-0.25, -0.2) is 4.39 Å². The van der Waals surface area contributed by atoms with Gasteiger partial charge in [-0.05, 0) is 55.8 Å². The van der Waals surface area contributed by atoms with Crippen LogP contribution >= 0.6 is 0 Å². The third-order valence-electron chi connectivity index (χ3n) is 5.16. The van der Waals surface area contributed by atoms with E-state index in [0.29, 0.717) is 12.6 Å². The molecule has 0 amide bonds. The molecule has 1 saturated carbocycles. The SMILES string of the molecule is NCC(c1ccc(F)cc1)N1CCC[C@H]2CCCC[C@H]21. The lowest BCUT2D eigenvalue weighted by atomic mass is 9.77. The Balaban J connectivity index is 1.82. The van der Waals surface area contributed by atoms with Crippen LogP contribution in [0, 0.1) is 11.7 Å². The van der Waals surface area contributed by atoms with E-state index in [9.17, 15) is 4.39 Å². The van der Waals surface area contributed by atoms with Crippen LogP contribution in [0.15, 0.2) is 24.3 Å². The maximum atomic E-state index is 13.1. The first-order valence-electron chi connectivity index (χ1n) is 8.01. The van der Waals surface area contributed by atoms with Gasteiger partial charge < -0.3 is 5.73 Å². The van der Waals surface area contributed by atoms with Crippen LogP contribution in [0.25, 0.3) is 0 Å². The third-order valence-corrected chi connectivity index (χ3v) is 5.16. The summed E-state index contributed by atoms with van der Waals surface area (Å²) in [7, 11) is 0. The highest BCUT2D eigenvalue weighted by molar-refractivity contribution is 5.21. The summed E-state index contributed by atoms with van der Waals surface area (Å²) in [5.74, 6) is 0.686. The summed E-state index contributed by atoms with van der Waals surface area (Å²) < 4.78 is 13.1. The molecular formula is C17H25FN2. The van der Waals surface area contributed by atoms with E-state index in [-0.39, 0.29) is 11.9 Å². The zero-order valence-corrected chi connectivity index (χ0v) is 12.1. The minimum atomic E-state index is -0.168. The van der Waals surface area contributed by atoms with E-state index in [2.05, 4.69) is 4.90 Å². The van der Waals surface area contributed by atoms with Gasteiger partial charge in [0, 0.05) is 18.6 Å². The Morgan fingerprint density at radius 1 is 1.10 bits per heavy atom. The average molecular weight is 276 g/mol. The molecule has 3 atom stereocenters. The van der Waals surface area contributed by atoms with Crippen molar-refractivity contribution >= 4 is 0 Å². The highest BCUT2D eigenvalue weighted by Gasteiger charge is 2.36. The van der Waals surface area contributed by atoms with Crippen LogP contribution in [-0.2, 0) is 0 Å². The number of benzene rings is 1. The highest BCUT2D eigenvalue weighted by atomic mass is 19.1. The molecule has 2 fully saturated rings. The lowest BCUT2D eigenvalue weighted by molar-refractivity contribution is 0.0276. The second-order valence-corrected chi connectivity index (χ2v) is 6.29. The predicted molar refractivity (Wildman–Crippen MR) is 79.9 cm³/mol. The molecule has 1 aromatic rings. The average Bonchev–Trinajstić information content (AvgIpc) is 2.50. The Morgan fingerprint density at radius 3 is 2.55 bits per heavy atom. The first-order valence-corrected chi connectivity index (χ1v) is 8.01. The number of likely N-dealkylation sites (tertiary alicyclic amines) is 1. The van der Waals surface area contributed by atoms with Gasteiger partial charge in [-0.3, -0.25) is 4.90 Å². The van der Waals surface area contributed by atoms with Crippen molar-refractivity contribution in [3.63, 3.8) is 0 Å². The normalized spacial score (nSPS) is 28.9. The number of nitrogens with two attached hydrogens (primary N) is 1. The molecule has 1 heterocycles. The molecule has 0 bridgehead atoms. The molecule has 1 unspecified atom stereocenters. The number of rotatable bonds is 3. The second kappa shape index (κ2) is 6.23. The van der Waals surface area contributed by atoms with E-state index in [1.807, 2.05) is 12.1 Å². The van der Waals surface area contributed by atoms with Gasteiger partial charge in [0.25, 0.3) is 0 Å². The van der Waals surface area contributed by atoms with Gasteiger partial charge in [-0.1, -0.05) is 25.0 Å². The third kappa shape index (κ3) is 2.75. The van der Waals surface area contributed by atoms with Gasteiger partial charge in [0.1, 0.15) is 5.82 Å². The van der Waals surface area contributed by atoms with Crippen molar-refractivity contribution in [3.8, 4) is 0 Å². The molecule has 2 nitrogen and oxygen atoms in total. The zero-order chi connectivity index (χ0) is 13.9. The van der Waals surface area contributed by atoms with E-state index in [0.717, 1.165) is 12.5 Å². The van der Waals surface area contributed by atoms with Crippen LogP contribution in [0.1, 0.15) is 50.1 Å². The molecule has 1 aromatic carbocycles. The highest BCUT2D eigenvalue weighted by Crippen LogP contribution is 2.39. The second-order valence-electron chi connectivity index (χ2n) is 6.29. The number of hydrogen-bond donors (Lipinski definition) is 1. The number of hydrogen-bond acceptors (Lipinski definition) is 2. The standard InChI is InChI=1S/C17H25FN2/c18-15-9-7-14(8-10-15)17(12-19)20-11-3-5-13-4-1-2-6-16(13)20/h7-10,13,16-17H,1-6,11-12,19H2/t13-,16-,17?/m1/s1. The monoisotopic (exact) mass is 276 g/mol. The molecule has 110 valence electrons. The summed E-state index contributed by atoms with van der Waals surface area (Å²) in [5.41, 5.74) is 7.23. The largest absolute Gasteiger partial charge is 0.329 e. The summed E-state index contributed by atoms with van der Waals surface area (Å²) in [6.45, 7) is 1.76. The first-order chi connectivity index (χ1) is 9.79. The van der Waals surface area contributed by atoms with Crippen molar-refractivity contribution in [2.24, 2.45) is 11.7 Å². The maximum absolute atomic E-state index is 13.1. The molecule has 0 radical (unpaired) electrons. The van der Waals surface area contributed by atoms with Crippen LogP contribution in [-0.4, -0.2) is 24.0 Å². The van der Waals surface area contributed by atoms with Gasteiger partial charge in [0.05, 0.1) is 0 Å². The van der Waals surface area contributed by atoms with Crippen LogP contribution < -0.4 is 5.73 Å². The van der Waals surface area contributed by atoms with E-state index in [4.69, 9.17) is 5.73 Å². The smallest absolute Gasteiger partial charge is 0.123 e. The van der Waals surface area contributed by atoms with Gasteiger partial charge in [-0.2, -0.15) is 0 Å². The van der Waals surface area contributed by atoms with Crippen LogP contribution in [0.2, 0.25) is 0 Å². The van der Waals surface area contributed by atoms with Crippen LogP contribution in [0.3, 0.4) is 0 Å². The van der Waals surface area contributed by atoms with Crippen molar-refractivity contribution in [2.75, 3.05) is 13.1 Å². The molecule has 20 heavy (non-hydrogen) atoms. The predicted octanol–water partition coefficient (Wildman–Crippen LogP) is 3.48. The van der Waals surface area contributed by atoms with E-state index in [1.165, 1.54) is 44.1 Å². The number of nitrogens with zero attached hydrogens (tertiary/aromatic N) is 1. The van der Waals surface area contributed by atoms with Crippen molar-refractivity contribution in [1.82, 2.24) is 4.90 Å². The quantitative estimate of drug-likeness (QED) is 0.916. The number of piperidine rings is 1. The van der Waals surface area contributed by atoms with Gasteiger partial charge in [0.2, 0.25) is 0 Å². The minimum absolute atomic E-state index is 0.168. The molecule has 0 aromatic heterocycles. The summed E-state index contributed by atoms with van der Waals surface area (Å²) in [6.07, 6.45) is 8.07. The van der Waals surface area contributed by atoms with Crippen LogP contribution in [0.4, 0.5) is 4.39 Å². The number of fused-ring (bicyclic) bond motifs is 1. The molecular weight excluding hydrogens is 251 g/mol. The van der Waals surface area contributed by atoms with Crippen molar-refractivity contribution < 1.29 is 4.39 Å². The van der Waals surface area contributed by atoms with Gasteiger partial charge in [0.15, 0.2) is 0 Å². The molecule has 1 aliphatic carbocycles. The topological polar surface area (TPSA) is 29.3 Å². The fraction of sp³-hybridized carbons (Fsp3) is 0.647. The van der Waals surface area contributed by atoms with E-state index in [1.54, 1.807) is 12.1 Å². The fourth-order valence-electron chi connectivity index (χ4n) is 4.20. The molecule has 2 aliphatic rings. The zero-order valence-electron chi connectivity index (χ0n) is 12.1. The summed E-state index contributed by atoms with van der Waals surface area (Å²) in [5, 5.41) is 0. The summed E-state index contributed by atoms with van der Waals surface area (Å²) in [4.78, 5) is 2.61. The Morgan fingerprint density at radius 2 is 1.80 bits per heavy atom. The maximum Gasteiger partial charge on any atom is 0.123 e. The minimum Gasteiger partial charge on any atom is -0.329 e. The summed E-state index contributed by atoms with van der Waals surface area (Å²) in [6, 6.07) is 7.86. The molecule has 2 N–H and O–H groups in total. The van der Waals surface area contributed by atoms with Crippen LogP contribution in [0.5, 0.6) is 0 Å². The Bertz CT molecular complexity index is 429. The van der Waals surface area contributed by atoms with Crippen molar-refractivity contribution in [3.05, 3.63) is 35.6 Å². The van der Waals surface area contributed by atoms with Crippen molar-refractivity contribution in [1.29, 1.82) is 0 Å². The van der Waals surface area contributed by atoms with E-state index < -0.39 is 0 Å². The Labute approximate surface area is 121 Å². The molecule has 3 heteroatoms. The molecule has 1 aliphatic heterocycles. The Kier molecular flexibility index (Phi) is 4.37. The first kappa shape index (κ1) is 14.0. The van der Waals surface area contributed by atoms with E-state index >= 15 is 0 Å². The van der Waals surface area contributed by atoms with Gasteiger partial charge >= 0.3 is 0 Å². The lowest BCUT2D eigenvalue weighted by Crippen LogP contribution is -2.49. The number of halogens is 1. The lowest BCUT2D eigenvalue weighted by Gasteiger charge is -2.47. The molecule has 1 saturated heterocycles. The van der Waals surface area contributed by atoms with Crippen molar-refractivity contribution in [2.45, 2.75) is 50.6 Å². The fourth-order valence-corrected chi connectivity index (χ4v) is 4.20. The van der Waals surface area contributed by atoms with Gasteiger partial charge in [-0.15, -0.1) is 0 Å². The Hall–Kier alpha value is -0.930.